The molecule has 0 saturated heterocycles. The molecule has 374 valence electrons. The number of hydrogen-bond acceptors (Lipinski definition) is 2. The van der Waals surface area contributed by atoms with Gasteiger partial charge < -0.3 is 9.47 Å². The maximum atomic E-state index is 5.96. The predicted molar refractivity (Wildman–Crippen MR) is 327 cm³/mol. The van der Waals surface area contributed by atoms with Gasteiger partial charge in [0.15, 0.2) is 0 Å². The van der Waals surface area contributed by atoms with Crippen molar-refractivity contribution in [2.75, 3.05) is 13.2 Å². The number of benzene rings is 12. The van der Waals surface area contributed by atoms with Gasteiger partial charge in [-0.1, -0.05) is 235 Å². The van der Waals surface area contributed by atoms with Gasteiger partial charge in [-0.25, -0.2) is 0 Å². The molecule has 0 amide bonds. The third kappa shape index (κ3) is 8.54. The van der Waals surface area contributed by atoms with Crippen LogP contribution in [0.2, 0.25) is 0 Å². The first kappa shape index (κ1) is 48.0. The number of fused-ring (bicyclic) bond motifs is 7. The van der Waals surface area contributed by atoms with Gasteiger partial charge in [0, 0.05) is 5.41 Å². The fourth-order valence-electron chi connectivity index (χ4n) is 12.4. The molecule has 12 aromatic carbocycles. The zero-order chi connectivity index (χ0) is 52.0. The van der Waals surface area contributed by atoms with E-state index in [1.807, 2.05) is 0 Å². The van der Waals surface area contributed by atoms with Crippen LogP contribution >= 0.6 is 0 Å². The lowest BCUT2D eigenvalue weighted by Crippen LogP contribution is -2.15. The van der Waals surface area contributed by atoms with E-state index >= 15 is 0 Å². The lowest BCUT2D eigenvalue weighted by atomic mass is 9.79. The maximum absolute atomic E-state index is 5.96. The fraction of sp³-hybridized carbons (Fsp3) is 0.147. The molecule has 0 N–H and O–H groups in total. The molecule has 12 aromatic rings. The van der Waals surface area contributed by atoms with Crippen molar-refractivity contribution in [3.05, 3.63) is 242 Å². The molecule has 1 aliphatic carbocycles. The summed E-state index contributed by atoms with van der Waals surface area (Å²) in [5, 5.41) is 10.1. The van der Waals surface area contributed by atoms with Crippen LogP contribution in [0.15, 0.2) is 231 Å². The Balaban J connectivity index is 0.856. The van der Waals surface area contributed by atoms with Crippen molar-refractivity contribution in [1.82, 2.24) is 0 Å². The van der Waals surface area contributed by atoms with Gasteiger partial charge in [-0.3, -0.25) is 0 Å². The van der Waals surface area contributed by atoms with Crippen LogP contribution in [0.5, 0.6) is 11.5 Å². The normalized spacial score (nSPS) is 12.6. The number of hydrogen-bond donors (Lipinski definition) is 0. The maximum Gasteiger partial charge on any atom is 0.119 e. The summed E-state index contributed by atoms with van der Waals surface area (Å²) in [6.07, 6.45) is 4.38. The van der Waals surface area contributed by atoms with Crippen molar-refractivity contribution in [2.45, 2.75) is 58.8 Å². The Bertz CT molecular complexity index is 3780. The molecule has 0 aromatic heterocycles. The minimum atomic E-state index is -0.248. The van der Waals surface area contributed by atoms with E-state index in [4.69, 9.17) is 9.47 Å². The van der Waals surface area contributed by atoms with Crippen molar-refractivity contribution in [3.8, 4) is 89.4 Å². The Hall–Kier alpha value is -8.72. The number of rotatable bonds is 14. The topological polar surface area (TPSA) is 18.5 Å². The molecule has 0 fully saturated rings. The molecular formula is C75H62O2. The highest BCUT2D eigenvalue weighted by molar-refractivity contribution is 6.23. The second kappa shape index (κ2) is 20.1. The van der Waals surface area contributed by atoms with Crippen LogP contribution in [-0.4, -0.2) is 13.2 Å². The molecule has 13 rings (SSSR count). The summed E-state index contributed by atoms with van der Waals surface area (Å²) in [4.78, 5) is 0. The van der Waals surface area contributed by atoms with Crippen molar-refractivity contribution in [2.24, 2.45) is 0 Å². The zero-order valence-corrected chi connectivity index (χ0v) is 44.5. The minimum absolute atomic E-state index is 0.248. The quantitative estimate of drug-likeness (QED) is 0.0798. The van der Waals surface area contributed by atoms with Gasteiger partial charge in [-0.05, 0) is 181 Å². The first-order valence-electron chi connectivity index (χ1n) is 27.7. The fourth-order valence-corrected chi connectivity index (χ4v) is 12.4. The predicted octanol–water partition coefficient (Wildman–Crippen LogP) is 21.0. The van der Waals surface area contributed by atoms with E-state index in [-0.39, 0.29) is 5.41 Å². The van der Waals surface area contributed by atoms with E-state index in [0.29, 0.717) is 0 Å². The Morgan fingerprint density at radius 1 is 0.286 bits per heavy atom. The van der Waals surface area contributed by atoms with Crippen LogP contribution in [0.3, 0.4) is 0 Å². The Morgan fingerprint density at radius 2 is 0.532 bits per heavy atom. The molecule has 0 saturated carbocycles. The molecule has 2 nitrogen and oxygen atoms in total. The van der Waals surface area contributed by atoms with Gasteiger partial charge in [0.1, 0.15) is 11.5 Å². The standard InChI is InChI=1S/C75H62O2/c1-5-7-45-76-57-39-33-51(34-40-57)49-25-29-53(30-26-49)71-61-17-9-13-21-65(61)73(66-22-14-10-18-62(66)71)55-37-43-59-60-44-38-56(48-70(60)75(3,4)69(59)47-55)74-67-23-15-11-19-63(67)72(64-20-12-16-24-68(64)74)54-31-27-50(28-32-54)52-35-41-58(42-36-52)77-46-8-6-2/h9-44,47-48H,5-8,45-46H2,1-4H3. The minimum Gasteiger partial charge on any atom is -0.494 e. The summed E-state index contributed by atoms with van der Waals surface area (Å²) in [6, 6.07) is 85.8. The average Bonchev–Trinajstić information content (AvgIpc) is 3.87. The van der Waals surface area contributed by atoms with Gasteiger partial charge in [-0.2, -0.15) is 0 Å². The Morgan fingerprint density at radius 3 is 0.818 bits per heavy atom. The van der Waals surface area contributed by atoms with Crippen LogP contribution in [-0.2, 0) is 5.41 Å². The lowest BCUT2D eigenvalue weighted by molar-refractivity contribution is 0.309. The molecule has 0 atom stereocenters. The van der Waals surface area contributed by atoms with E-state index in [2.05, 4.69) is 258 Å². The highest BCUT2D eigenvalue weighted by atomic mass is 16.5. The van der Waals surface area contributed by atoms with Gasteiger partial charge in [0.25, 0.3) is 0 Å². The smallest absolute Gasteiger partial charge is 0.119 e. The number of ether oxygens (including phenoxy) is 2. The second-order valence-electron chi connectivity index (χ2n) is 21.4. The van der Waals surface area contributed by atoms with Gasteiger partial charge in [0.2, 0.25) is 0 Å². The van der Waals surface area contributed by atoms with Gasteiger partial charge >= 0.3 is 0 Å². The highest BCUT2D eigenvalue weighted by Crippen LogP contribution is 2.53. The first-order valence-corrected chi connectivity index (χ1v) is 27.7. The third-order valence-corrected chi connectivity index (χ3v) is 16.4. The molecule has 0 spiro atoms. The van der Waals surface area contributed by atoms with Crippen LogP contribution in [0.1, 0.15) is 64.5 Å². The van der Waals surface area contributed by atoms with Crippen LogP contribution in [0.25, 0.3) is 121 Å². The molecule has 0 unspecified atom stereocenters. The third-order valence-electron chi connectivity index (χ3n) is 16.4. The summed E-state index contributed by atoms with van der Waals surface area (Å²) in [5.74, 6) is 1.85. The van der Waals surface area contributed by atoms with E-state index < -0.39 is 0 Å². The molecular weight excluding hydrogens is 933 g/mol. The Labute approximate surface area is 453 Å². The molecule has 2 heteroatoms. The number of unbranched alkanes of at least 4 members (excludes halogenated alkanes) is 2. The molecule has 0 aliphatic heterocycles. The average molecular weight is 995 g/mol. The summed E-state index contributed by atoms with van der Waals surface area (Å²) < 4.78 is 11.9. The Kier molecular flexibility index (Phi) is 12.5. The molecule has 0 bridgehead atoms. The SMILES string of the molecule is CCCCOc1ccc(-c2ccc(-c3c4ccccc4c(-c4ccc5c(c4)C(C)(C)c4cc(-c6c7ccccc7c(-c7ccc(-c8ccc(OCCCC)cc8)cc7)c7ccccc67)ccc4-5)c4ccccc34)cc2)cc1. The van der Waals surface area contributed by atoms with Crippen molar-refractivity contribution in [3.63, 3.8) is 0 Å². The van der Waals surface area contributed by atoms with Gasteiger partial charge in [-0.15, -0.1) is 0 Å². The van der Waals surface area contributed by atoms with Crippen LogP contribution in [0, 0.1) is 0 Å². The molecule has 0 radical (unpaired) electrons. The molecule has 77 heavy (non-hydrogen) atoms. The largest absolute Gasteiger partial charge is 0.494 e. The van der Waals surface area contributed by atoms with Crippen molar-refractivity contribution < 1.29 is 9.47 Å². The molecule has 0 heterocycles. The van der Waals surface area contributed by atoms with Crippen molar-refractivity contribution in [1.29, 1.82) is 0 Å². The van der Waals surface area contributed by atoms with Crippen LogP contribution in [0.4, 0.5) is 0 Å². The summed E-state index contributed by atoms with van der Waals surface area (Å²) in [5.41, 5.74) is 19.9. The van der Waals surface area contributed by atoms with E-state index in [9.17, 15) is 0 Å². The van der Waals surface area contributed by atoms with E-state index in [1.54, 1.807) is 0 Å². The lowest BCUT2D eigenvalue weighted by Gasteiger charge is -2.24. The summed E-state index contributed by atoms with van der Waals surface area (Å²) >= 11 is 0. The summed E-state index contributed by atoms with van der Waals surface area (Å²) in [7, 11) is 0. The monoisotopic (exact) mass is 994 g/mol. The van der Waals surface area contributed by atoms with Crippen molar-refractivity contribution >= 4 is 43.1 Å². The summed E-state index contributed by atoms with van der Waals surface area (Å²) in [6.45, 7) is 10.7. The highest BCUT2D eigenvalue weighted by Gasteiger charge is 2.36. The van der Waals surface area contributed by atoms with Crippen LogP contribution < -0.4 is 9.47 Å². The van der Waals surface area contributed by atoms with E-state index in [1.165, 1.54) is 132 Å². The second-order valence-corrected chi connectivity index (χ2v) is 21.4. The van der Waals surface area contributed by atoms with Gasteiger partial charge in [0.05, 0.1) is 13.2 Å². The first-order chi connectivity index (χ1) is 37.9. The van der Waals surface area contributed by atoms with E-state index in [0.717, 1.165) is 50.4 Å². The zero-order valence-electron chi connectivity index (χ0n) is 44.5. The molecule has 1 aliphatic rings.